The van der Waals surface area contributed by atoms with Crippen LogP contribution in [-0.4, -0.2) is 61.6 Å². The third-order valence-electron chi connectivity index (χ3n) is 13.0. The standard InChI is InChI=1S/C35H50N2O6/c1-19(8-11-29(39)37-28(33(42)43)16-20-18-36-27-7-5-4-6-22(20)27)23-9-10-24-30-25(13-15-34(23,24)2)35(3)14-12-21(38)17-26(35)31(40)32(30)41/h4-7,18-19,21,23-26,28,30-32,36,38,40-41H,8-17H2,1-3H3,(H,37,39)(H,42,43)/t19-,21-,23-,24+,25+,26+,28?,30+,31-,32-,34-,35-/m1/s1. The zero-order chi connectivity index (χ0) is 30.7. The van der Waals surface area contributed by atoms with Gasteiger partial charge in [0.05, 0.1) is 18.3 Å². The lowest BCUT2D eigenvalue weighted by molar-refractivity contribution is -0.223. The van der Waals surface area contributed by atoms with Gasteiger partial charge in [0.2, 0.25) is 5.91 Å². The van der Waals surface area contributed by atoms with Gasteiger partial charge in [0.25, 0.3) is 0 Å². The molecule has 1 aromatic heterocycles. The lowest BCUT2D eigenvalue weighted by atomic mass is 9.43. The number of H-pyrrole nitrogens is 1. The summed E-state index contributed by atoms with van der Waals surface area (Å²) >= 11 is 0. The summed E-state index contributed by atoms with van der Waals surface area (Å²) in [5.41, 5.74) is 1.80. The smallest absolute Gasteiger partial charge is 0.326 e. The predicted octanol–water partition coefficient (Wildman–Crippen LogP) is 4.66. The summed E-state index contributed by atoms with van der Waals surface area (Å²) in [6, 6.07) is 6.77. The second-order valence-corrected chi connectivity index (χ2v) is 15.1. The number of carboxylic acids is 1. The molecular weight excluding hydrogens is 544 g/mol. The van der Waals surface area contributed by atoms with Gasteiger partial charge >= 0.3 is 5.97 Å². The number of aromatic amines is 1. The molecule has 0 aliphatic heterocycles. The first-order valence-corrected chi connectivity index (χ1v) is 16.6. The third kappa shape index (κ3) is 5.21. The van der Waals surface area contributed by atoms with Crippen molar-refractivity contribution in [3.05, 3.63) is 36.0 Å². The van der Waals surface area contributed by atoms with Crippen LogP contribution in [0.2, 0.25) is 0 Å². The summed E-state index contributed by atoms with van der Waals surface area (Å²) in [4.78, 5) is 28.3. The molecule has 2 aromatic rings. The lowest BCUT2D eigenvalue weighted by Gasteiger charge is -2.63. The van der Waals surface area contributed by atoms with Crippen LogP contribution in [0.4, 0.5) is 0 Å². The van der Waals surface area contributed by atoms with Crippen molar-refractivity contribution >= 4 is 22.8 Å². The van der Waals surface area contributed by atoms with Gasteiger partial charge in [-0.1, -0.05) is 39.0 Å². The number of rotatable bonds is 8. The van der Waals surface area contributed by atoms with Crippen LogP contribution in [0, 0.1) is 46.3 Å². The maximum absolute atomic E-state index is 13.0. The van der Waals surface area contributed by atoms with Crippen LogP contribution in [0.15, 0.2) is 30.5 Å². The van der Waals surface area contributed by atoms with E-state index in [2.05, 4.69) is 31.1 Å². The molecule has 4 fully saturated rings. The normalized spacial score (nSPS) is 40.2. The molecule has 43 heavy (non-hydrogen) atoms. The van der Waals surface area contributed by atoms with Crippen LogP contribution >= 0.6 is 0 Å². The molecule has 8 heteroatoms. The van der Waals surface area contributed by atoms with Crippen molar-refractivity contribution < 1.29 is 30.0 Å². The zero-order valence-corrected chi connectivity index (χ0v) is 25.8. The second kappa shape index (κ2) is 11.5. The van der Waals surface area contributed by atoms with Crippen molar-refractivity contribution in [3.8, 4) is 0 Å². The molecule has 0 radical (unpaired) electrons. The van der Waals surface area contributed by atoms with E-state index in [0.717, 1.165) is 55.0 Å². The summed E-state index contributed by atoms with van der Waals surface area (Å²) in [7, 11) is 0. The predicted molar refractivity (Wildman–Crippen MR) is 164 cm³/mol. The van der Waals surface area contributed by atoms with Crippen molar-refractivity contribution in [1.29, 1.82) is 0 Å². The van der Waals surface area contributed by atoms with Crippen LogP contribution in [0.25, 0.3) is 10.9 Å². The Bertz CT molecular complexity index is 1340. The van der Waals surface area contributed by atoms with Gasteiger partial charge in [0, 0.05) is 29.9 Å². The number of fused-ring (bicyclic) bond motifs is 6. The van der Waals surface area contributed by atoms with Crippen molar-refractivity contribution in [2.24, 2.45) is 46.3 Å². The molecule has 236 valence electrons. The molecule has 1 unspecified atom stereocenters. The number of para-hydroxylation sites is 1. The minimum atomic E-state index is -1.04. The maximum Gasteiger partial charge on any atom is 0.326 e. The van der Waals surface area contributed by atoms with Gasteiger partial charge in [-0.15, -0.1) is 0 Å². The Morgan fingerprint density at radius 2 is 1.70 bits per heavy atom. The Kier molecular flexibility index (Phi) is 8.18. The molecule has 4 aliphatic carbocycles. The van der Waals surface area contributed by atoms with Crippen LogP contribution in [-0.2, 0) is 16.0 Å². The van der Waals surface area contributed by atoms with E-state index in [1.54, 1.807) is 0 Å². The number of carbonyl (C=O) groups is 2. The number of aliphatic hydroxyl groups is 3. The summed E-state index contributed by atoms with van der Waals surface area (Å²) in [5.74, 6) is 0.117. The van der Waals surface area contributed by atoms with Crippen LogP contribution in [0.3, 0.4) is 0 Å². The van der Waals surface area contributed by atoms with Gasteiger partial charge in [0.1, 0.15) is 6.04 Å². The molecule has 1 aromatic carbocycles. The van der Waals surface area contributed by atoms with Crippen molar-refractivity contribution in [1.82, 2.24) is 10.3 Å². The van der Waals surface area contributed by atoms with E-state index >= 15 is 0 Å². The Morgan fingerprint density at radius 1 is 0.977 bits per heavy atom. The first-order valence-electron chi connectivity index (χ1n) is 16.6. The fourth-order valence-electron chi connectivity index (χ4n) is 10.8. The molecule has 8 nitrogen and oxygen atoms in total. The summed E-state index contributed by atoms with van der Waals surface area (Å²) < 4.78 is 0. The molecule has 4 saturated carbocycles. The Balaban J connectivity index is 1.09. The summed E-state index contributed by atoms with van der Waals surface area (Å²) in [6.45, 7) is 6.90. The fraction of sp³-hybridized carbons (Fsp3) is 0.714. The van der Waals surface area contributed by atoms with E-state index in [0.29, 0.717) is 30.6 Å². The molecule has 0 spiro atoms. The molecule has 6 rings (SSSR count). The Labute approximate surface area is 254 Å². The van der Waals surface area contributed by atoms with E-state index in [-0.39, 0.29) is 47.3 Å². The van der Waals surface area contributed by atoms with Gasteiger partial charge < -0.3 is 30.7 Å². The third-order valence-corrected chi connectivity index (χ3v) is 13.0. The molecular formula is C35H50N2O6. The van der Waals surface area contributed by atoms with E-state index in [9.17, 15) is 30.0 Å². The number of carbonyl (C=O) groups excluding carboxylic acids is 1. The number of hydrogen-bond donors (Lipinski definition) is 6. The molecule has 1 heterocycles. The van der Waals surface area contributed by atoms with Gasteiger partial charge in [-0.3, -0.25) is 4.79 Å². The monoisotopic (exact) mass is 594 g/mol. The number of aliphatic hydroxyl groups excluding tert-OH is 3. The highest BCUT2D eigenvalue weighted by Crippen LogP contribution is 2.68. The van der Waals surface area contributed by atoms with Gasteiger partial charge in [0.15, 0.2) is 0 Å². The lowest BCUT2D eigenvalue weighted by Crippen LogP contribution is -2.64. The van der Waals surface area contributed by atoms with Crippen LogP contribution in [0.5, 0.6) is 0 Å². The van der Waals surface area contributed by atoms with Crippen molar-refractivity contribution in [3.63, 3.8) is 0 Å². The van der Waals surface area contributed by atoms with Crippen molar-refractivity contribution in [2.75, 3.05) is 0 Å². The number of aromatic nitrogens is 1. The first kappa shape index (κ1) is 30.6. The van der Waals surface area contributed by atoms with E-state index in [1.807, 2.05) is 30.5 Å². The number of aliphatic carboxylic acids is 1. The minimum Gasteiger partial charge on any atom is -0.480 e. The van der Waals surface area contributed by atoms with Crippen LogP contribution < -0.4 is 5.32 Å². The molecule has 4 aliphatic rings. The second-order valence-electron chi connectivity index (χ2n) is 15.1. The molecule has 1 amide bonds. The van der Waals surface area contributed by atoms with Gasteiger partial charge in [-0.05, 0) is 109 Å². The van der Waals surface area contributed by atoms with E-state index < -0.39 is 30.3 Å². The molecule has 0 bridgehead atoms. The SMILES string of the molecule is C[C@H](CCC(=O)NC(Cc1c[nH]c2ccccc12)C(=O)O)[C@H]1CC[C@H]2[C@@H]3[C@@H](O)[C@H](O)[C@@H]4C[C@H](O)CC[C@]4(C)[C@H]3CC[C@]12C. The molecule has 6 N–H and O–H groups in total. The fourth-order valence-corrected chi connectivity index (χ4v) is 10.8. The first-order chi connectivity index (χ1) is 20.4. The number of carboxylic acid groups (broad SMARTS) is 1. The zero-order valence-electron chi connectivity index (χ0n) is 25.8. The number of hydrogen-bond acceptors (Lipinski definition) is 5. The Hall–Kier alpha value is -2.42. The summed E-state index contributed by atoms with van der Waals surface area (Å²) in [6.07, 6.45) is 7.50. The topological polar surface area (TPSA) is 143 Å². The van der Waals surface area contributed by atoms with Crippen LogP contribution in [0.1, 0.15) is 84.1 Å². The number of nitrogens with one attached hydrogen (secondary N) is 2. The number of benzene rings is 1. The summed E-state index contributed by atoms with van der Waals surface area (Å²) in [5, 5.41) is 46.8. The highest BCUT2D eigenvalue weighted by Gasteiger charge is 2.65. The average Bonchev–Trinajstić information content (AvgIpc) is 3.55. The molecule has 12 atom stereocenters. The number of amides is 1. The van der Waals surface area contributed by atoms with Gasteiger partial charge in [-0.25, -0.2) is 4.79 Å². The maximum atomic E-state index is 13.0. The minimum absolute atomic E-state index is 0.0358. The average molecular weight is 595 g/mol. The van der Waals surface area contributed by atoms with Crippen molar-refractivity contribution in [2.45, 2.75) is 109 Å². The van der Waals surface area contributed by atoms with E-state index in [1.165, 1.54) is 0 Å². The Morgan fingerprint density at radius 3 is 2.47 bits per heavy atom. The quantitative estimate of drug-likeness (QED) is 0.263. The highest BCUT2D eigenvalue weighted by molar-refractivity contribution is 5.86. The van der Waals surface area contributed by atoms with E-state index in [4.69, 9.17) is 0 Å². The largest absolute Gasteiger partial charge is 0.480 e. The van der Waals surface area contributed by atoms with Gasteiger partial charge in [-0.2, -0.15) is 0 Å². The highest BCUT2D eigenvalue weighted by atomic mass is 16.4. The molecule has 0 saturated heterocycles.